The Kier molecular flexibility index (Phi) is 26.9. The smallest absolute Gasteiger partial charge is 0.0594 e. The van der Waals surface area contributed by atoms with Gasteiger partial charge in [0.1, 0.15) is 0 Å². The van der Waals surface area contributed by atoms with E-state index in [-0.39, 0.29) is 17.0 Å². The highest BCUT2D eigenvalue weighted by atomic mass is 79.9. The summed E-state index contributed by atoms with van der Waals surface area (Å²) in [5.41, 5.74) is 0. The van der Waals surface area contributed by atoms with Crippen LogP contribution in [0.5, 0.6) is 0 Å². The predicted molar refractivity (Wildman–Crippen MR) is 132 cm³/mol. The molecule has 0 radical (unpaired) electrons. The molecule has 0 atom stereocenters. The highest BCUT2D eigenvalue weighted by Gasteiger charge is 2.34. The van der Waals surface area contributed by atoms with E-state index < -0.39 is 7.26 Å². The fourth-order valence-electron chi connectivity index (χ4n) is 4.52. The van der Waals surface area contributed by atoms with Gasteiger partial charge < -0.3 is 17.0 Å². The summed E-state index contributed by atoms with van der Waals surface area (Å²) < 4.78 is 0. The molecule has 0 amide bonds. The highest BCUT2D eigenvalue weighted by Crippen LogP contribution is 2.61. The van der Waals surface area contributed by atoms with Crippen LogP contribution in [0.15, 0.2) is 0 Å². The van der Waals surface area contributed by atoms with Gasteiger partial charge in [-0.3, -0.25) is 0 Å². The Labute approximate surface area is 191 Å². The third-order valence-corrected chi connectivity index (χ3v) is 11.5. The van der Waals surface area contributed by atoms with Gasteiger partial charge in [-0.1, -0.05) is 98.3 Å². The lowest BCUT2D eigenvalue weighted by atomic mass is 10.2. The van der Waals surface area contributed by atoms with E-state index in [1.54, 1.807) is 43.9 Å². The van der Waals surface area contributed by atoms with E-state index >= 15 is 0 Å². The van der Waals surface area contributed by atoms with Crippen molar-refractivity contribution in [3.63, 3.8) is 0 Å². The maximum absolute atomic E-state index is 2.38. The van der Waals surface area contributed by atoms with Gasteiger partial charge in [-0.05, 0) is 44.9 Å². The fraction of sp³-hybridized carbons (Fsp3) is 1.00. The van der Waals surface area contributed by atoms with Crippen LogP contribution in [0.1, 0.15) is 143 Å². The Morgan fingerprint density at radius 2 is 0.536 bits per heavy atom. The van der Waals surface area contributed by atoms with Gasteiger partial charge in [-0.15, -0.1) is 0 Å². The molecular formula is C26H56BrP. The van der Waals surface area contributed by atoms with Gasteiger partial charge in [-0.2, -0.15) is 0 Å². The fourth-order valence-corrected chi connectivity index (χ4v) is 9.44. The maximum atomic E-state index is 2.38. The first-order chi connectivity index (χ1) is 13.2. The summed E-state index contributed by atoms with van der Waals surface area (Å²) in [4.78, 5) is 0. The summed E-state index contributed by atoms with van der Waals surface area (Å²) in [7, 11) is -0.672. The molecule has 0 fully saturated rings. The lowest BCUT2D eigenvalue weighted by molar-refractivity contribution is -0.00000624. The molecule has 0 spiro atoms. The topological polar surface area (TPSA) is 0 Å². The zero-order chi connectivity index (χ0) is 20.1. The van der Waals surface area contributed by atoms with Crippen molar-refractivity contribution in [3.8, 4) is 0 Å². The summed E-state index contributed by atoms with van der Waals surface area (Å²) in [5.74, 6) is 0. The van der Waals surface area contributed by atoms with Crippen LogP contribution >= 0.6 is 7.26 Å². The molecule has 0 nitrogen and oxygen atoms in total. The number of hydrogen-bond donors (Lipinski definition) is 0. The van der Waals surface area contributed by atoms with Gasteiger partial charge in [0.25, 0.3) is 0 Å². The zero-order valence-electron chi connectivity index (χ0n) is 20.4. The second-order valence-electron chi connectivity index (χ2n) is 9.19. The Bertz CT molecular complexity index is 244. The minimum atomic E-state index is -0.672. The molecule has 172 valence electrons. The normalized spacial score (nSPS) is 11.6. The molecular weight excluding hydrogens is 423 g/mol. The molecule has 0 heterocycles. The number of unbranched alkanes of at least 4 members (excludes halogenated alkanes) is 14. The Balaban J connectivity index is 0. The quantitative estimate of drug-likeness (QED) is 0.115. The maximum Gasteiger partial charge on any atom is 0.0594 e. The predicted octanol–water partition coefficient (Wildman–Crippen LogP) is 7.11. The second kappa shape index (κ2) is 24.2. The van der Waals surface area contributed by atoms with Crippen LogP contribution in [0.4, 0.5) is 0 Å². The first kappa shape index (κ1) is 31.1. The standard InChI is InChI=1S/C26H56P.BrH/c1-5-9-13-16-20-24-27(23-19-12-8-4,25-21-17-14-10-6-2)26-22-18-15-11-7-3;/h5-26H2,1-4H3;1H/q+1;/p-1. The van der Waals surface area contributed by atoms with Crippen LogP contribution in [-0.4, -0.2) is 24.6 Å². The summed E-state index contributed by atoms with van der Waals surface area (Å²) >= 11 is 0. The van der Waals surface area contributed by atoms with Crippen molar-refractivity contribution in [1.82, 2.24) is 0 Å². The number of rotatable bonds is 22. The Hall–Kier alpha value is 0.910. The molecule has 0 aromatic carbocycles. The molecule has 0 aliphatic heterocycles. The van der Waals surface area contributed by atoms with Gasteiger partial charge in [0.15, 0.2) is 0 Å². The van der Waals surface area contributed by atoms with Crippen molar-refractivity contribution in [3.05, 3.63) is 0 Å². The van der Waals surface area contributed by atoms with E-state index in [1.165, 1.54) is 96.3 Å². The molecule has 0 unspecified atom stereocenters. The van der Waals surface area contributed by atoms with Crippen molar-refractivity contribution in [2.75, 3.05) is 24.6 Å². The molecule has 0 N–H and O–H groups in total. The largest absolute Gasteiger partial charge is 1.00 e. The SMILES string of the molecule is CCCCCCC[P+](CCCCC)(CCCCCCC)CCCCCCC.[Br-]. The Morgan fingerprint density at radius 1 is 0.321 bits per heavy atom. The second-order valence-corrected chi connectivity index (χ2v) is 13.7. The summed E-state index contributed by atoms with van der Waals surface area (Å²) in [6.07, 6.45) is 33.1. The molecule has 0 rings (SSSR count). The molecule has 0 aromatic heterocycles. The molecule has 0 aliphatic rings. The number of halogens is 1. The Morgan fingerprint density at radius 3 is 0.821 bits per heavy atom. The highest BCUT2D eigenvalue weighted by molar-refractivity contribution is 7.75. The molecule has 28 heavy (non-hydrogen) atoms. The average Bonchev–Trinajstić information content (AvgIpc) is 2.67. The van der Waals surface area contributed by atoms with Gasteiger partial charge in [0, 0.05) is 7.26 Å². The van der Waals surface area contributed by atoms with Crippen LogP contribution in [0.3, 0.4) is 0 Å². The summed E-state index contributed by atoms with van der Waals surface area (Å²) in [5, 5.41) is 0. The lowest BCUT2D eigenvalue weighted by Crippen LogP contribution is -3.00. The van der Waals surface area contributed by atoms with Gasteiger partial charge in [0.2, 0.25) is 0 Å². The van der Waals surface area contributed by atoms with E-state index in [0.29, 0.717) is 0 Å². The van der Waals surface area contributed by atoms with Crippen molar-refractivity contribution in [2.24, 2.45) is 0 Å². The third-order valence-electron chi connectivity index (χ3n) is 6.44. The van der Waals surface area contributed by atoms with E-state index in [2.05, 4.69) is 27.7 Å². The van der Waals surface area contributed by atoms with Crippen LogP contribution in [0.25, 0.3) is 0 Å². The van der Waals surface area contributed by atoms with E-state index in [4.69, 9.17) is 0 Å². The monoisotopic (exact) mass is 478 g/mol. The van der Waals surface area contributed by atoms with Crippen LogP contribution in [0, 0.1) is 0 Å². The van der Waals surface area contributed by atoms with E-state index in [1.807, 2.05) is 0 Å². The van der Waals surface area contributed by atoms with Crippen LogP contribution in [0.2, 0.25) is 0 Å². The molecule has 2 heteroatoms. The molecule has 0 saturated carbocycles. The third kappa shape index (κ3) is 18.9. The van der Waals surface area contributed by atoms with Crippen molar-refractivity contribution in [1.29, 1.82) is 0 Å². The van der Waals surface area contributed by atoms with Crippen LogP contribution < -0.4 is 17.0 Å². The molecule has 0 aliphatic carbocycles. The minimum Gasteiger partial charge on any atom is -1.00 e. The zero-order valence-corrected chi connectivity index (χ0v) is 22.9. The van der Waals surface area contributed by atoms with Crippen molar-refractivity contribution in [2.45, 2.75) is 143 Å². The first-order valence-corrected chi connectivity index (χ1v) is 15.6. The number of hydrogen-bond acceptors (Lipinski definition) is 0. The molecule has 0 bridgehead atoms. The van der Waals surface area contributed by atoms with E-state index in [0.717, 1.165) is 0 Å². The van der Waals surface area contributed by atoms with E-state index in [9.17, 15) is 0 Å². The van der Waals surface area contributed by atoms with Crippen LogP contribution in [-0.2, 0) is 0 Å². The average molecular weight is 480 g/mol. The lowest BCUT2D eigenvalue weighted by Gasteiger charge is -2.28. The molecule has 0 aromatic rings. The van der Waals surface area contributed by atoms with Crippen molar-refractivity contribution < 1.29 is 17.0 Å². The van der Waals surface area contributed by atoms with Gasteiger partial charge in [0.05, 0.1) is 24.6 Å². The molecule has 0 saturated heterocycles. The minimum absolute atomic E-state index is 0. The van der Waals surface area contributed by atoms with Gasteiger partial charge >= 0.3 is 0 Å². The summed E-state index contributed by atoms with van der Waals surface area (Å²) in [6.45, 7) is 9.40. The summed E-state index contributed by atoms with van der Waals surface area (Å²) in [6, 6.07) is 0. The van der Waals surface area contributed by atoms with Gasteiger partial charge in [-0.25, -0.2) is 0 Å². The first-order valence-electron chi connectivity index (χ1n) is 13.1. The van der Waals surface area contributed by atoms with Crippen molar-refractivity contribution >= 4 is 7.26 Å².